The average molecular weight is 420 g/mol. The molecule has 2 heterocycles. The maximum Gasteiger partial charge on any atom is 0.246 e. The molecule has 1 aliphatic heterocycles. The number of carbonyl (C=O) groups excluding carboxylic acids is 1. The van der Waals surface area contributed by atoms with Crippen molar-refractivity contribution < 1.29 is 9.53 Å². The molecule has 1 aromatic heterocycles. The van der Waals surface area contributed by atoms with Gasteiger partial charge in [0.2, 0.25) is 5.91 Å². The number of piperidine rings is 1. The summed E-state index contributed by atoms with van der Waals surface area (Å²) in [7, 11) is 1.67. The van der Waals surface area contributed by atoms with Crippen LogP contribution in [0.4, 0.5) is 0 Å². The molecule has 0 unspecified atom stereocenters. The minimum Gasteiger partial charge on any atom is -0.497 e. The van der Waals surface area contributed by atoms with Crippen molar-refractivity contribution in [3.05, 3.63) is 81.8 Å². The molecule has 0 N–H and O–H groups in total. The van der Waals surface area contributed by atoms with Crippen molar-refractivity contribution in [2.75, 3.05) is 20.2 Å². The number of aromatic nitrogens is 2. The highest BCUT2D eigenvalue weighted by Crippen LogP contribution is 2.31. The SMILES string of the molecule is COc1ccc(Cc2nnc(C3CCN(C(=O)/C=C\c4ccccc4)CC3)s2)cc1. The van der Waals surface area contributed by atoms with Crippen LogP contribution in [0.25, 0.3) is 6.08 Å². The number of nitrogens with zero attached hydrogens (tertiary/aromatic N) is 3. The summed E-state index contributed by atoms with van der Waals surface area (Å²) in [5, 5.41) is 10.9. The Kier molecular flexibility index (Phi) is 6.54. The van der Waals surface area contributed by atoms with Crippen LogP contribution in [0.2, 0.25) is 0 Å². The second-order valence-electron chi connectivity index (χ2n) is 7.40. The second kappa shape index (κ2) is 9.67. The van der Waals surface area contributed by atoms with Gasteiger partial charge in [0.05, 0.1) is 7.11 Å². The highest BCUT2D eigenvalue weighted by molar-refractivity contribution is 7.11. The Morgan fingerprint density at radius 2 is 1.83 bits per heavy atom. The van der Waals surface area contributed by atoms with Crippen LogP contribution in [0.3, 0.4) is 0 Å². The third kappa shape index (κ3) is 5.13. The summed E-state index contributed by atoms with van der Waals surface area (Å²) in [6.07, 6.45) is 6.20. The topological polar surface area (TPSA) is 55.3 Å². The molecule has 2 aromatic carbocycles. The van der Waals surface area contributed by atoms with Gasteiger partial charge in [-0.2, -0.15) is 0 Å². The van der Waals surface area contributed by atoms with Crippen LogP contribution in [0.1, 0.15) is 39.9 Å². The quantitative estimate of drug-likeness (QED) is 0.550. The monoisotopic (exact) mass is 419 g/mol. The third-order valence-electron chi connectivity index (χ3n) is 5.37. The van der Waals surface area contributed by atoms with E-state index in [1.807, 2.05) is 53.4 Å². The Bertz CT molecular complexity index is 991. The van der Waals surface area contributed by atoms with Gasteiger partial charge in [0.1, 0.15) is 15.8 Å². The van der Waals surface area contributed by atoms with Gasteiger partial charge in [0.25, 0.3) is 0 Å². The van der Waals surface area contributed by atoms with E-state index in [0.29, 0.717) is 5.92 Å². The summed E-state index contributed by atoms with van der Waals surface area (Å²) >= 11 is 1.69. The molecule has 0 spiro atoms. The molecule has 0 atom stereocenters. The minimum absolute atomic E-state index is 0.0785. The number of benzene rings is 2. The molecule has 0 radical (unpaired) electrons. The Morgan fingerprint density at radius 3 is 2.53 bits per heavy atom. The number of amides is 1. The Hall–Kier alpha value is -2.99. The van der Waals surface area contributed by atoms with Gasteiger partial charge in [0, 0.05) is 31.5 Å². The van der Waals surface area contributed by atoms with Gasteiger partial charge in [-0.15, -0.1) is 21.5 Å². The zero-order valence-electron chi connectivity index (χ0n) is 17.0. The summed E-state index contributed by atoms with van der Waals surface area (Å²) in [4.78, 5) is 14.4. The Morgan fingerprint density at radius 1 is 1.10 bits per heavy atom. The number of ether oxygens (including phenoxy) is 1. The van der Waals surface area contributed by atoms with Gasteiger partial charge in [-0.05, 0) is 42.2 Å². The lowest BCUT2D eigenvalue weighted by Crippen LogP contribution is -2.36. The summed E-state index contributed by atoms with van der Waals surface area (Å²) in [6, 6.07) is 18.0. The van der Waals surface area contributed by atoms with Crippen LogP contribution in [-0.2, 0) is 11.2 Å². The van der Waals surface area contributed by atoms with Crippen molar-refractivity contribution in [1.82, 2.24) is 15.1 Å². The molecule has 0 bridgehead atoms. The van der Waals surface area contributed by atoms with Crippen molar-refractivity contribution >= 4 is 23.3 Å². The van der Waals surface area contributed by atoms with E-state index in [9.17, 15) is 4.79 Å². The highest BCUT2D eigenvalue weighted by atomic mass is 32.1. The summed E-state index contributed by atoms with van der Waals surface area (Å²) in [5.41, 5.74) is 2.24. The van der Waals surface area contributed by atoms with Crippen LogP contribution in [-0.4, -0.2) is 41.2 Å². The van der Waals surface area contributed by atoms with E-state index in [1.54, 1.807) is 24.5 Å². The molecule has 5 nitrogen and oxygen atoms in total. The zero-order chi connectivity index (χ0) is 20.8. The van der Waals surface area contributed by atoms with E-state index in [-0.39, 0.29) is 5.91 Å². The van der Waals surface area contributed by atoms with Crippen molar-refractivity contribution in [3.63, 3.8) is 0 Å². The number of rotatable bonds is 6. The fourth-order valence-corrected chi connectivity index (χ4v) is 4.65. The zero-order valence-corrected chi connectivity index (χ0v) is 17.8. The summed E-state index contributed by atoms with van der Waals surface area (Å²) < 4.78 is 5.21. The van der Waals surface area contributed by atoms with Crippen molar-refractivity contribution in [2.45, 2.75) is 25.2 Å². The first kappa shape index (κ1) is 20.3. The number of methoxy groups -OCH3 is 1. The number of carbonyl (C=O) groups is 1. The lowest BCUT2D eigenvalue weighted by atomic mass is 9.97. The molecule has 1 fully saturated rings. The van der Waals surface area contributed by atoms with Crippen LogP contribution < -0.4 is 4.74 Å². The molecule has 6 heteroatoms. The number of hydrogen-bond acceptors (Lipinski definition) is 5. The van der Waals surface area contributed by atoms with E-state index in [0.717, 1.165) is 53.7 Å². The molecule has 30 heavy (non-hydrogen) atoms. The first-order chi connectivity index (χ1) is 14.7. The van der Waals surface area contributed by atoms with E-state index >= 15 is 0 Å². The van der Waals surface area contributed by atoms with Gasteiger partial charge >= 0.3 is 0 Å². The molecule has 0 aliphatic carbocycles. The third-order valence-corrected chi connectivity index (χ3v) is 6.46. The second-order valence-corrected chi connectivity index (χ2v) is 8.50. The predicted molar refractivity (Wildman–Crippen MR) is 120 cm³/mol. The molecule has 1 amide bonds. The normalized spacial score (nSPS) is 14.9. The smallest absolute Gasteiger partial charge is 0.246 e. The highest BCUT2D eigenvalue weighted by Gasteiger charge is 2.25. The summed E-state index contributed by atoms with van der Waals surface area (Å²) in [6.45, 7) is 1.52. The summed E-state index contributed by atoms with van der Waals surface area (Å²) in [5.74, 6) is 1.32. The fourth-order valence-electron chi connectivity index (χ4n) is 3.60. The van der Waals surface area contributed by atoms with E-state index in [4.69, 9.17) is 4.74 Å². The van der Waals surface area contributed by atoms with E-state index in [1.165, 1.54) is 5.56 Å². The van der Waals surface area contributed by atoms with Crippen molar-refractivity contribution in [3.8, 4) is 5.75 Å². The molecular weight excluding hydrogens is 394 g/mol. The molecule has 1 saturated heterocycles. The molecule has 1 aliphatic rings. The average Bonchev–Trinajstić information content (AvgIpc) is 3.27. The van der Waals surface area contributed by atoms with Gasteiger partial charge in [-0.1, -0.05) is 42.5 Å². The Balaban J connectivity index is 1.30. The predicted octanol–water partition coefficient (Wildman–Crippen LogP) is 4.56. The van der Waals surface area contributed by atoms with E-state index < -0.39 is 0 Å². The minimum atomic E-state index is 0.0785. The van der Waals surface area contributed by atoms with Crippen LogP contribution in [0.15, 0.2) is 60.7 Å². The lowest BCUT2D eigenvalue weighted by Gasteiger charge is -2.30. The van der Waals surface area contributed by atoms with Gasteiger partial charge in [-0.25, -0.2) is 0 Å². The van der Waals surface area contributed by atoms with Crippen molar-refractivity contribution in [2.24, 2.45) is 0 Å². The first-order valence-electron chi connectivity index (χ1n) is 10.2. The number of likely N-dealkylation sites (tertiary alicyclic amines) is 1. The lowest BCUT2D eigenvalue weighted by molar-refractivity contribution is -0.126. The number of hydrogen-bond donors (Lipinski definition) is 0. The molecule has 154 valence electrons. The first-order valence-corrected chi connectivity index (χ1v) is 11.0. The maximum atomic E-state index is 12.5. The Labute approximate surface area is 181 Å². The van der Waals surface area contributed by atoms with E-state index in [2.05, 4.69) is 22.3 Å². The van der Waals surface area contributed by atoms with Crippen LogP contribution in [0.5, 0.6) is 5.75 Å². The molecular formula is C24H25N3O2S. The van der Waals surface area contributed by atoms with Gasteiger partial charge < -0.3 is 9.64 Å². The van der Waals surface area contributed by atoms with Gasteiger partial charge in [-0.3, -0.25) is 4.79 Å². The molecule has 3 aromatic rings. The van der Waals surface area contributed by atoms with Crippen LogP contribution in [0, 0.1) is 0 Å². The maximum absolute atomic E-state index is 12.5. The van der Waals surface area contributed by atoms with Gasteiger partial charge in [0.15, 0.2) is 0 Å². The standard InChI is InChI=1S/C24H25N3O2S/c1-29-21-10-7-19(8-11-21)17-22-25-26-24(30-22)20-13-15-27(16-14-20)23(28)12-9-18-5-3-2-4-6-18/h2-12,20H,13-17H2,1H3/b12-9-. The van der Waals surface area contributed by atoms with Crippen LogP contribution >= 0.6 is 11.3 Å². The largest absolute Gasteiger partial charge is 0.497 e. The van der Waals surface area contributed by atoms with Crippen molar-refractivity contribution in [1.29, 1.82) is 0 Å². The molecule has 0 saturated carbocycles. The molecule has 4 rings (SSSR count). The fraction of sp³-hybridized carbons (Fsp3) is 0.292.